The molecule has 1 saturated carbocycles. The number of unbranched alkanes of at least 4 members (excludes halogenated alkanes) is 1. The quantitative estimate of drug-likeness (QED) is 0.236. The van der Waals surface area contributed by atoms with Gasteiger partial charge in [0.1, 0.15) is 6.54 Å². The highest BCUT2D eigenvalue weighted by Gasteiger charge is 2.29. The van der Waals surface area contributed by atoms with Crippen LogP contribution in [0, 0.1) is 18.8 Å². The molecule has 1 N–H and O–H groups in total. The summed E-state index contributed by atoms with van der Waals surface area (Å²) in [6, 6.07) is 11.9. The maximum Gasteiger partial charge on any atom is 0.246 e. The van der Waals surface area contributed by atoms with Gasteiger partial charge in [-0.05, 0) is 87.1 Å². The lowest BCUT2D eigenvalue weighted by molar-refractivity contribution is -0.126. The predicted octanol–water partition coefficient (Wildman–Crippen LogP) is 6.36. The van der Waals surface area contributed by atoms with E-state index in [9.17, 15) is 14.4 Å². The monoisotopic (exact) mass is 521 g/mol. The number of hydrogen-bond donors (Lipinski definition) is 1. The Hall–Kier alpha value is -2.93. The number of rotatable bonds is 11. The van der Waals surface area contributed by atoms with E-state index in [4.69, 9.17) is 0 Å². The number of fused-ring (bicyclic) bond motifs is 1. The Morgan fingerprint density at radius 3 is 2.57 bits per heavy atom. The van der Waals surface area contributed by atoms with Crippen molar-refractivity contribution in [1.82, 2.24) is 9.88 Å². The van der Waals surface area contributed by atoms with Gasteiger partial charge in [0.2, 0.25) is 11.8 Å². The van der Waals surface area contributed by atoms with Crippen LogP contribution in [0.5, 0.6) is 0 Å². The predicted molar refractivity (Wildman–Crippen MR) is 151 cm³/mol. The van der Waals surface area contributed by atoms with E-state index >= 15 is 0 Å². The number of nitrogens with zero attached hydrogens (tertiary/aromatic N) is 2. The van der Waals surface area contributed by atoms with Crippen LogP contribution in [-0.4, -0.2) is 35.3 Å². The number of carbonyl (C=O) groups excluding carboxylic acids is 3. The number of ketones is 1. The van der Waals surface area contributed by atoms with Crippen molar-refractivity contribution in [3.63, 3.8) is 0 Å². The molecule has 1 fully saturated rings. The van der Waals surface area contributed by atoms with Gasteiger partial charge in [0.25, 0.3) is 0 Å². The summed E-state index contributed by atoms with van der Waals surface area (Å²) in [4.78, 5) is 41.2. The van der Waals surface area contributed by atoms with Gasteiger partial charge in [0.15, 0.2) is 5.78 Å². The first-order valence-corrected chi connectivity index (χ1v) is 14.5. The van der Waals surface area contributed by atoms with Gasteiger partial charge in [0, 0.05) is 31.1 Å². The molecule has 2 amide bonds. The molecule has 2 heterocycles. The molecule has 37 heavy (non-hydrogen) atoms. The van der Waals surface area contributed by atoms with E-state index in [1.54, 1.807) is 16.2 Å². The lowest BCUT2D eigenvalue weighted by Gasteiger charge is -2.27. The Kier molecular flexibility index (Phi) is 9.19. The Morgan fingerprint density at radius 1 is 1.08 bits per heavy atom. The second kappa shape index (κ2) is 12.5. The average molecular weight is 522 g/mol. The molecule has 1 aliphatic carbocycles. The molecule has 6 nitrogen and oxygen atoms in total. The van der Waals surface area contributed by atoms with Gasteiger partial charge in [-0.25, -0.2) is 0 Å². The average Bonchev–Trinajstić information content (AvgIpc) is 3.48. The number of hydrogen-bond acceptors (Lipinski definition) is 4. The number of carbonyl (C=O) groups is 3. The van der Waals surface area contributed by atoms with Crippen molar-refractivity contribution in [3.8, 4) is 0 Å². The standard InChI is InChI=1S/C30H39N3O3S/c1-4-6-15-31-30(36)23-12-10-22(11-13-23)18-27(34)26-19-28-25(14-16-37-28)33(26)20-29(35)32(5-2)24-9-7-8-21(3)17-24/h7-9,14,16-17,19,22-23H,4-6,10-13,15,18,20H2,1-3H3,(H,31,36). The van der Waals surface area contributed by atoms with Gasteiger partial charge < -0.3 is 14.8 Å². The molecule has 2 aromatic heterocycles. The zero-order valence-electron chi connectivity index (χ0n) is 22.3. The minimum absolute atomic E-state index is 0.0274. The number of aromatic nitrogens is 1. The van der Waals surface area contributed by atoms with E-state index in [0.717, 1.165) is 66.5 Å². The van der Waals surface area contributed by atoms with E-state index in [0.29, 0.717) is 18.7 Å². The first-order chi connectivity index (χ1) is 17.9. The Bertz CT molecular complexity index is 1240. The highest BCUT2D eigenvalue weighted by atomic mass is 32.1. The Labute approximate surface area is 224 Å². The van der Waals surface area contributed by atoms with Crippen LogP contribution in [0.15, 0.2) is 41.8 Å². The van der Waals surface area contributed by atoms with E-state index in [1.807, 2.05) is 60.2 Å². The van der Waals surface area contributed by atoms with Crippen molar-refractivity contribution in [1.29, 1.82) is 0 Å². The normalized spacial score (nSPS) is 17.6. The van der Waals surface area contributed by atoms with Crippen LogP contribution >= 0.6 is 11.3 Å². The fraction of sp³-hybridized carbons (Fsp3) is 0.500. The number of nitrogens with one attached hydrogen (secondary N) is 1. The van der Waals surface area contributed by atoms with Crippen LogP contribution in [0.25, 0.3) is 10.2 Å². The molecule has 7 heteroatoms. The zero-order valence-corrected chi connectivity index (χ0v) is 23.1. The van der Waals surface area contributed by atoms with Crippen LogP contribution < -0.4 is 10.2 Å². The number of thiophene rings is 1. The van der Waals surface area contributed by atoms with Crippen LogP contribution in [0.1, 0.15) is 74.8 Å². The summed E-state index contributed by atoms with van der Waals surface area (Å²) in [6.07, 6.45) is 6.01. The van der Waals surface area contributed by atoms with Crippen LogP contribution in [0.4, 0.5) is 5.69 Å². The summed E-state index contributed by atoms with van der Waals surface area (Å²) < 4.78 is 2.93. The molecular formula is C30H39N3O3S. The second-order valence-corrected chi connectivity index (χ2v) is 11.2. The molecule has 1 aromatic carbocycles. The van der Waals surface area contributed by atoms with E-state index in [-0.39, 0.29) is 36.0 Å². The third kappa shape index (κ3) is 6.50. The topological polar surface area (TPSA) is 71.4 Å². The molecule has 198 valence electrons. The molecule has 0 atom stereocenters. The minimum atomic E-state index is -0.0274. The second-order valence-electron chi connectivity index (χ2n) is 10.3. The molecule has 0 unspecified atom stereocenters. The summed E-state index contributed by atoms with van der Waals surface area (Å²) in [5.41, 5.74) is 3.54. The van der Waals surface area contributed by atoms with Crippen molar-refractivity contribution in [2.45, 2.75) is 72.3 Å². The summed E-state index contributed by atoms with van der Waals surface area (Å²) in [7, 11) is 0. The Morgan fingerprint density at radius 2 is 1.86 bits per heavy atom. The van der Waals surface area contributed by atoms with Crippen molar-refractivity contribution >= 4 is 44.8 Å². The lowest BCUT2D eigenvalue weighted by Crippen LogP contribution is -2.34. The molecule has 3 aromatic rings. The first-order valence-electron chi connectivity index (χ1n) is 13.7. The molecular weight excluding hydrogens is 482 g/mol. The van der Waals surface area contributed by atoms with Crippen molar-refractivity contribution < 1.29 is 14.4 Å². The van der Waals surface area contributed by atoms with E-state index in [2.05, 4.69) is 12.2 Å². The summed E-state index contributed by atoms with van der Waals surface area (Å²) in [5, 5.41) is 5.06. The maximum absolute atomic E-state index is 13.5. The largest absolute Gasteiger partial charge is 0.356 e. The van der Waals surface area contributed by atoms with Crippen molar-refractivity contribution in [3.05, 3.63) is 53.0 Å². The highest BCUT2D eigenvalue weighted by Crippen LogP contribution is 2.33. The fourth-order valence-corrected chi connectivity index (χ4v) is 6.25. The molecule has 0 bridgehead atoms. The lowest BCUT2D eigenvalue weighted by atomic mass is 9.79. The van der Waals surface area contributed by atoms with E-state index < -0.39 is 0 Å². The molecule has 1 aliphatic rings. The molecule has 0 saturated heterocycles. The van der Waals surface area contributed by atoms with Gasteiger partial charge in [0.05, 0.1) is 15.9 Å². The molecule has 0 aliphatic heterocycles. The minimum Gasteiger partial charge on any atom is -0.356 e. The van der Waals surface area contributed by atoms with Crippen LogP contribution in [0.3, 0.4) is 0 Å². The van der Waals surface area contributed by atoms with Crippen molar-refractivity contribution in [2.75, 3.05) is 18.0 Å². The van der Waals surface area contributed by atoms with Gasteiger partial charge in [-0.3, -0.25) is 14.4 Å². The maximum atomic E-state index is 13.5. The van der Waals surface area contributed by atoms with Crippen molar-refractivity contribution in [2.24, 2.45) is 11.8 Å². The van der Waals surface area contributed by atoms with Crippen LogP contribution in [0.2, 0.25) is 0 Å². The number of amides is 2. The first kappa shape index (κ1) is 27.1. The third-order valence-electron chi connectivity index (χ3n) is 7.55. The molecule has 0 spiro atoms. The smallest absolute Gasteiger partial charge is 0.246 e. The van der Waals surface area contributed by atoms with Crippen LogP contribution in [-0.2, 0) is 16.1 Å². The molecule has 0 radical (unpaired) electrons. The van der Waals surface area contributed by atoms with Gasteiger partial charge in [-0.2, -0.15) is 0 Å². The Balaban J connectivity index is 1.43. The summed E-state index contributed by atoms with van der Waals surface area (Å²) in [5.74, 6) is 0.575. The number of aryl methyl sites for hydroxylation is 1. The number of anilines is 1. The zero-order chi connectivity index (χ0) is 26.4. The fourth-order valence-electron chi connectivity index (χ4n) is 5.43. The number of Topliss-reactive ketones (excluding diaryl/α,β-unsaturated/α-hetero) is 1. The summed E-state index contributed by atoms with van der Waals surface area (Å²) in [6.45, 7) is 7.56. The summed E-state index contributed by atoms with van der Waals surface area (Å²) >= 11 is 1.59. The van der Waals surface area contributed by atoms with Gasteiger partial charge in [-0.1, -0.05) is 25.5 Å². The van der Waals surface area contributed by atoms with Gasteiger partial charge >= 0.3 is 0 Å². The SMILES string of the molecule is CCCCNC(=O)C1CCC(CC(=O)c2cc3sccc3n2CC(=O)N(CC)c2cccc(C)c2)CC1. The highest BCUT2D eigenvalue weighted by molar-refractivity contribution is 7.17. The van der Waals surface area contributed by atoms with Gasteiger partial charge in [-0.15, -0.1) is 11.3 Å². The third-order valence-corrected chi connectivity index (χ3v) is 8.41. The number of likely N-dealkylation sites (N-methyl/N-ethyl adjacent to an activating group) is 1. The molecule has 4 rings (SSSR count). The van der Waals surface area contributed by atoms with E-state index in [1.165, 1.54) is 0 Å². The number of benzene rings is 1.